The van der Waals surface area contributed by atoms with Crippen molar-refractivity contribution >= 4 is 34.6 Å². The maximum atomic E-state index is 5.00. The van der Waals surface area contributed by atoms with Gasteiger partial charge in [-0.2, -0.15) is 0 Å². The average Bonchev–Trinajstić information content (AvgIpc) is 1.69. The van der Waals surface area contributed by atoms with Crippen LogP contribution in [0.5, 0.6) is 0 Å². The van der Waals surface area contributed by atoms with E-state index < -0.39 is 0 Å². The second-order valence-electron chi connectivity index (χ2n) is 1.01. The van der Waals surface area contributed by atoms with Gasteiger partial charge < -0.3 is 0 Å². The summed E-state index contributed by atoms with van der Waals surface area (Å²) in [6.45, 7) is 10.3. The van der Waals surface area contributed by atoms with Crippen molar-refractivity contribution < 1.29 is 0 Å². The first kappa shape index (κ1) is 7.06. The van der Waals surface area contributed by atoms with E-state index in [-0.39, 0.29) is 0 Å². The Balaban J connectivity index is 3.27. The Bertz CT molecular complexity index is 92.3. The van der Waals surface area contributed by atoms with E-state index in [2.05, 4.69) is 6.58 Å². The van der Waals surface area contributed by atoms with Gasteiger partial charge >= 0.3 is 47.2 Å². The first-order valence-electron chi connectivity index (χ1n) is 2.07. The SMILES string of the molecule is [B]B=BB=BC=C. The third-order valence-corrected chi connectivity index (χ3v) is 0.469. The Morgan fingerprint density at radius 3 is 2.57 bits per heavy atom. The van der Waals surface area contributed by atoms with E-state index in [0.717, 1.165) is 0 Å². The molecule has 0 aliphatic heterocycles. The van der Waals surface area contributed by atoms with Crippen LogP contribution in [-0.2, 0) is 0 Å². The van der Waals surface area contributed by atoms with Crippen LogP contribution >= 0.6 is 0 Å². The summed E-state index contributed by atoms with van der Waals surface area (Å²) in [5.74, 6) is 1.69. The molecule has 0 nitrogen and oxygen atoms in total. The average molecular weight is 81.1 g/mol. The summed E-state index contributed by atoms with van der Waals surface area (Å²) < 4.78 is 0. The molecule has 0 unspecified atom stereocenters. The van der Waals surface area contributed by atoms with Gasteiger partial charge in [-0.15, -0.1) is 0 Å². The molecule has 0 aliphatic rings. The molecule has 5 heteroatoms. The molecule has 0 aromatic carbocycles. The zero-order valence-corrected chi connectivity index (χ0v) is 4.17. The van der Waals surface area contributed by atoms with Crippen LogP contribution in [0.4, 0.5) is 0 Å². The summed E-state index contributed by atoms with van der Waals surface area (Å²) in [4.78, 5) is 0. The van der Waals surface area contributed by atoms with E-state index in [1.807, 2.05) is 13.5 Å². The second-order valence-corrected chi connectivity index (χ2v) is 1.01. The fourth-order valence-corrected chi connectivity index (χ4v) is 0.207. The van der Waals surface area contributed by atoms with E-state index in [4.69, 9.17) is 7.74 Å². The van der Waals surface area contributed by atoms with Crippen LogP contribution in [0.1, 0.15) is 0 Å². The number of hydrogen-bond donors (Lipinski definition) is 0. The molecule has 0 bridgehead atoms. The summed E-state index contributed by atoms with van der Waals surface area (Å²) >= 11 is 0. The van der Waals surface area contributed by atoms with E-state index in [1.54, 1.807) is 12.7 Å². The molecule has 2 radical (unpaired) electrons. The van der Waals surface area contributed by atoms with Gasteiger partial charge in [0.15, 0.2) is 0 Å². The zero-order chi connectivity index (χ0) is 5.54. The normalized spacial score (nSPS) is 6.29. The van der Waals surface area contributed by atoms with Gasteiger partial charge in [0.25, 0.3) is 0 Å². The topological polar surface area (TPSA) is 0 Å². The minimum atomic E-state index is 1.47. The fraction of sp³-hybridized carbons (Fsp3) is 0. The molecular formula is C2H3B5. The molecule has 0 rings (SSSR count). The molecule has 0 aromatic heterocycles. The molecule has 0 N–H and O–H groups in total. The minimum absolute atomic E-state index is 1.47. The van der Waals surface area contributed by atoms with E-state index in [0.29, 0.717) is 0 Å². The Morgan fingerprint density at radius 2 is 2.14 bits per heavy atom. The third-order valence-electron chi connectivity index (χ3n) is 0.469. The van der Waals surface area contributed by atoms with Crippen LogP contribution in [0.25, 0.3) is 0 Å². The van der Waals surface area contributed by atoms with Crippen molar-refractivity contribution in [1.29, 1.82) is 0 Å². The van der Waals surface area contributed by atoms with Gasteiger partial charge in [-0.1, -0.05) is 0 Å². The van der Waals surface area contributed by atoms with Gasteiger partial charge in [0, 0.05) is 0 Å². The van der Waals surface area contributed by atoms with Crippen LogP contribution in [0.2, 0.25) is 0 Å². The molecular weight excluding hydrogens is 78.1 g/mol. The molecule has 26 valence electrons. The molecule has 0 fully saturated rings. The van der Waals surface area contributed by atoms with E-state index in [9.17, 15) is 0 Å². The summed E-state index contributed by atoms with van der Waals surface area (Å²) in [5.41, 5.74) is 0. The van der Waals surface area contributed by atoms with Crippen LogP contribution in [0.3, 0.4) is 0 Å². The Morgan fingerprint density at radius 1 is 1.43 bits per heavy atom. The summed E-state index contributed by atoms with van der Waals surface area (Å²) in [7, 11) is 5.00. The van der Waals surface area contributed by atoms with Gasteiger partial charge in [0.2, 0.25) is 0 Å². The standard InChI is InChI=1S/C2H3B5/c1-2-4-6-7-5-3/h2H,1H2. The summed E-state index contributed by atoms with van der Waals surface area (Å²) in [6.07, 6.45) is 0. The second kappa shape index (κ2) is 6.06. The van der Waals surface area contributed by atoms with Crippen LogP contribution in [0.15, 0.2) is 12.6 Å². The molecule has 7 heavy (non-hydrogen) atoms. The van der Waals surface area contributed by atoms with Crippen molar-refractivity contribution in [3.8, 4) is 0 Å². The third kappa shape index (κ3) is 6.06. The monoisotopic (exact) mass is 82.1 g/mol. The molecule has 0 aromatic rings. The van der Waals surface area contributed by atoms with Gasteiger partial charge in [-0.25, -0.2) is 0 Å². The van der Waals surface area contributed by atoms with Gasteiger partial charge in [0.05, 0.1) is 0 Å². The molecule has 0 spiro atoms. The van der Waals surface area contributed by atoms with Crippen molar-refractivity contribution in [2.24, 2.45) is 0 Å². The van der Waals surface area contributed by atoms with E-state index >= 15 is 0 Å². The van der Waals surface area contributed by atoms with Crippen molar-refractivity contribution in [2.75, 3.05) is 0 Å². The van der Waals surface area contributed by atoms with Crippen LogP contribution < -0.4 is 0 Å². The summed E-state index contributed by atoms with van der Waals surface area (Å²) in [5, 5.41) is 0. The fourth-order valence-electron chi connectivity index (χ4n) is 0.207. The Labute approximate surface area is 48.0 Å². The predicted molar refractivity (Wildman–Crippen MR) is 39.0 cm³/mol. The van der Waals surface area contributed by atoms with Gasteiger partial charge in [-0.05, 0) is 0 Å². The first-order chi connectivity index (χ1) is 3.41. The molecule has 0 atom stereocenters. The van der Waals surface area contributed by atoms with Crippen molar-refractivity contribution in [3.63, 3.8) is 0 Å². The number of hydrogen-bond acceptors (Lipinski definition) is 0. The van der Waals surface area contributed by atoms with Crippen LogP contribution in [0, 0.1) is 0 Å². The van der Waals surface area contributed by atoms with Crippen LogP contribution in [-0.4, -0.2) is 34.6 Å². The first-order valence-corrected chi connectivity index (χ1v) is 2.07. The molecule has 0 amide bonds. The molecule has 0 saturated heterocycles. The molecule has 0 heterocycles. The van der Waals surface area contributed by atoms with Crippen molar-refractivity contribution in [3.05, 3.63) is 12.6 Å². The Kier molecular flexibility index (Phi) is 6.12. The van der Waals surface area contributed by atoms with E-state index in [1.165, 1.54) is 6.69 Å². The molecule has 0 saturated carbocycles. The van der Waals surface area contributed by atoms with Gasteiger partial charge in [0.1, 0.15) is 0 Å². The summed E-state index contributed by atoms with van der Waals surface area (Å²) in [6, 6.07) is 0. The molecule has 0 aliphatic carbocycles. The predicted octanol–water partition coefficient (Wildman–Crippen LogP) is -1.22. The Hall–Kier alpha value is 0.0647. The number of rotatable bonds is 2. The van der Waals surface area contributed by atoms with Crippen molar-refractivity contribution in [1.82, 2.24) is 0 Å². The maximum absolute atomic E-state index is 5.00. The van der Waals surface area contributed by atoms with Crippen molar-refractivity contribution in [2.45, 2.75) is 0 Å². The zero-order valence-electron chi connectivity index (χ0n) is 4.17. The van der Waals surface area contributed by atoms with Gasteiger partial charge in [-0.3, -0.25) is 0 Å². The quantitative estimate of drug-likeness (QED) is 0.365.